The number of thiophene rings is 1. The maximum absolute atomic E-state index is 12.5. The summed E-state index contributed by atoms with van der Waals surface area (Å²) in [5.41, 5.74) is 8.22. The summed E-state index contributed by atoms with van der Waals surface area (Å²) in [6.45, 7) is 6.59. The Kier molecular flexibility index (Phi) is 6.25. The van der Waals surface area contributed by atoms with Crippen LogP contribution in [0.25, 0.3) is 0 Å². The summed E-state index contributed by atoms with van der Waals surface area (Å²) >= 11 is 0.923. The second-order valence-corrected chi connectivity index (χ2v) is 6.95. The van der Waals surface area contributed by atoms with E-state index in [1.807, 2.05) is 6.07 Å². The quantitative estimate of drug-likeness (QED) is 0.643. The molecule has 0 unspecified atom stereocenters. The number of aryl methyl sites for hydroxylation is 1. The van der Waals surface area contributed by atoms with E-state index in [1.54, 1.807) is 27.7 Å². The Morgan fingerprint density at radius 2 is 2.00 bits per heavy atom. The van der Waals surface area contributed by atoms with Crippen LogP contribution in [-0.2, 0) is 16.1 Å². The SMILES string of the molecule is CCOC(=O)c1sc(N)c(C#N)c1COC(=O)c1[nH]c(C)c([C@H](C)O)c1C. The number of hydrogen-bond acceptors (Lipinski definition) is 8. The maximum atomic E-state index is 12.5. The van der Waals surface area contributed by atoms with Crippen LogP contribution in [0.3, 0.4) is 0 Å². The zero-order chi connectivity index (χ0) is 20.3. The topological polar surface area (TPSA) is 138 Å². The molecule has 2 aromatic heterocycles. The van der Waals surface area contributed by atoms with E-state index in [9.17, 15) is 20.0 Å². The number of carbonyl (C=O) groups excluding carboxylic acids is 2. The van der Waals surface area contributed by atoms with Gasteiger partial charge in [-0.25, -0.2) is 9.59 Å². The van der Waals surface area contributed by atoms with Gasteiger partial charge in [-0.3, -0.25) is 0 Å². The highest BCUT2D eigenvalue weighted by atomic mass is 32.1. The van der Waals surface area contributed by atoms with Crippen molar-refractivity contribution in [3.05, 3.63) is 38.5 Å². The third-order valence-electron chi connectivity index (χ3n) is 4.07. The summed E-state index contributed by atoms with van der Waals surface area (Å²) in [5, 5.41) is 19.3. The van der Waals surface area contributed by atoms with Gasteiger partial charge in [0.15, 0.2) is 0 Å². The number of anilines is 1. The van der Waals surface area contributed by atoms with E-state index in [4.69, 9.17) is 15.2 Å². The summed E-state index contributed by atoms with van der Waals surface area (Å²) in [6, 6.07) is 1.93. The number of ether oxygens (including phenoxy) is 2. The smallest absolute Gasteiger partial charge is 0.355 e. The van der Waals surface area contributed by atoms with Crippen molar-refractivity contribution in [2.45, 2.75) is 40.4 Å². The van der Waals surface area contributed by atoms with Crippen molar-refractivity contribution in [3.8, 4) is 6.07 Å². The van der Waals surface area contributed by atoms with Crippen LogP contribution in [0, 0.1) is 25.2 Å². The second kappa shape index (κ2) is 8.24. The van der Waals surface area contributed by atoms with E-state index < -0.39 is 18.0 Å². The minimum Gasteiger partial charge on any atom is -0.462 e. The van der Waals surface area contributed by atoms with Gasteiger partial charge in [-0.2, -0.15) is 5.26 Å². The fourth-order valence-electron chi connectivity index (χ4n) is 2.91. The Morgan fingerprint density at radius 3 is 2.52 bits per heavy atom. The van der Waals surface area contributed by atoms with Crippen LogP contribution in [0.15, 0.2) is 0 Å². The first-order chi connectivity index (χ1) is 12.7. The molecule has 0 amide bonds. The summed E-state index contributed by atoms with van der Waals surface area (Å²) in [5.74, 6) is -1.28. The number of aromatic nitrogens is 1. The maximum Gasteiger partial charge on any atom is 0.355 e. The van der Waals surface area contributed by atoms with E-state index in [0.29, 0.717) is 16.8 Å². The van der Waals surface area contributed by atoms with E-state index in [0.717, 1.165) is 11.3 Å². The number of nitrogen functional groups attached to an aromatic ring is 1. The molecule has 0 radical (unpaired) electrons. The fraction of sp³-hybridized carbons (Fsp3) is 0.389. The lowest BCUT2D eigenvalue weighted by atomic mass is 10.1. The molecule has 144 valence electrons. The third kappa shape index (κ3) is 3.97. The molecule has 0 aliphatic heterocycles. The Hall–Kier alpha value is -2.83. The molecule has 2 rings (SSSR count). The molecule has 4 N–H and O–H groups in total. The highest BCUT2D eigenvalue weighted by Crippen LogP contribution is 2.32. The fourth-order valence-corrected chi connectivity index (χ4v) is 3.83. The van der Waals surface area contributed by atoms with Crippen molar-refractivity contribution in [1.29, 1.82) is 5.26 Å². The average molecular weight is 391 g/mol. The molecule has 0 spiro atoms. The molecule has 0 aliphatic carbocycles. The van der Waals surface area contributed by atoms with Crippen molar-refractivity contribution in [1.82, 2.24) is 4.98 Å². The molecule has 2 heterocycles. The monoisotopic (exact) mass is 391 g/mol. The number of aliphatic hydroxyl groups is 1. The molecule has 0 bridgehead atoms. The standard InChI is InChI=1S/C18H21N3O5S/c1-5-25-18(24)15-12(11(6-19)16(20)27-15)7-26-17(23)14-8(2)13(10(4)22)9(3)21-14/h10,21-22H,5,7,20H2,1-4H3/t10-/m0/s1. The molecule has 9 heteroatoms. The van der Waals surface area contributed by atoms with Crippen LogP contribution >= 0.6 is 11.3 Å². The van der Waals surface area contributed by atoms with Crippen molar-refractivity contribution < 1.29 is 24.2 Å². The summed E-state index contributed by atoms with van der Waals surface area (Å²) in [7, 11) is 0. The van der Waals surface area contributed by atoms with Gasteiger partial charge in [0, 0.05) is 16.8 Å². The molecule has 0 fully saturated rings. The van der Waals surface area contributed by atoms with Crippen molar-refractivity contribution in [2.75, 3.05) is 12.3 Å². The van der Waals surface area contributed by atoms with Crippen molar-refractivity contribution in [3.63, 3.8) is 0 Å². The van der Waals surface area contributed by atoms with Crippen molar-refractivity contribution >= 4 is 28.3 Å². The Labute approximate surface area is 160 Å². The first kappa shape index (κ1) is 20.5. The molecule has 2 aromatic rings. The summed E-state index contributed by atoms with van der Waals surface area (Å²) in [4.78, 5) is 27.6. The Bertz CT molecular complexity index is 921. The number of nitrogens with zero attached hydrogens (tertiary/aromatic N) is 1. The van der Waals surface area contributed by atoms with Gasteiger partial charge in [-0.1, -0.05) is 0 Å². The predicted octanol–water partition coefficient (Wildman–Crippen LogP) is 2.73. The lowest BCUT2D eigenvalue weighted by Crippen LogP contribution is -2.11. The van der Waals surface area contributed by atoms with Crippen LogP contribution in [0.1, 0.15) is 68.1 Å². The van der Waals surface area contributed by atoms with Crippen LogP contribution in [-0.4, -0.2) is 28.6 Å². The first-order valence-electron chi connectivity index (χ1n) is 8.25. The third-order valence-corrected chi connectivity index (χ3v) is 5.11. The number of hydrogen-bond donors (Lipinski definition) is 3. The number of H-pyrrole nitrogens is 1. The van der Waals surface area contributed by atoms with E-state index in [1.165, 1.54) is 0 Å². The van der Waals surface area contributed by atoms with Gasteiger partial charge in [-0.15, -0.1) is 11.3 Å². The molecule has 1 atom stereocenters. The number of aliphatic hydroxyl groups excluding tert-OH is 1. The van der Waals surface area contributed by atoms with Crippen LogP contribution in [0.5, 0.6) is 0 Å². The van der Waals surface area contributed by atoms with Gasteiger partial charge in [0.1, 0.15) is 28.2 Å². The second-order valence-electron chi connectivity index (χ2n) is 5.90. The Balaban J connectivity index is 2.29. The highest BCUT2D eigenvalue weighted by molar-refractivity contribution is 7.18. The number of carbonyl (C=O) groups is 2. The number of nitrogens with one attached hydrogen (secondary N) is 1. The molecule has 0 aromatic carbocycles. The number of esters is 2. The van der Waals surface area contributed by atoms with Gasteiger partial charge in [0.2, 0.25) is 0 Å². The molecule has 0 saturated carbocycles. The van der Waals surface area contributed by atoms with E-state index in [2.05, 4.69) is 4.98 Å². The lowest BCUT2D eigenvalue weighted by molar-refractivity contribution is 0.0447. The summed E-state index contributed by atoms with van der Waals surface area (Å²) in [6.07, 6.45) is -0.736. The number of nitrogens with two attached hydrogens (primary N) is 1. The largest absolute Gasteiger partial charge is 0.462 e. The molecule has 8 nitrogen and oxygen atoms in total. The Morgan fingerprint density at radius 1 is 1.33 bits per heavy atom. The van der Waals surface area contributed by atoms with Gasteiger partial charge >= 0.3 is 11.9 Å². The molecular formula is C18H21N3O5S. The molecule has 27 heavy (non-hydrogen) atoms. The number of aromatic amines is 1. The van der Waals surface area contributed by atoms with Gasteiger partial charge < -0.3 is 25.3 Å². The van der Waals surface area contributed by atoms with E-state index in [-0.39, 0.29) is 39.9 Å². The predicted molar refractivity (Wildman–Crippen MR) is 99.4 cm³/mol. The minimum absolute atomic E-state index is 0.0971. The van der Waals surface area contributed by atoms with Gasteiger partial charge in [0.05, 0.1) is 18.3 Å². The number of rotatable bonds is 6. The first-order valence-corrected chi connectivity index (χ1v) is 9.07. The zero-order valence-electron chi connectivity index (χ0n) is 15.5. The van der Waals surface area contributed by atoms with Crippen LogP contribution in [0.2, 0.25) is 0 Å². The normalized spacial score (nSPS) is 11.7. The average Bonchev–Trinajstić information content (AvgIpc) is 3.08. The minimum atomic E-state index is -0.736. The molecule has 0 aliphatic rings. The number of nitriles is 1. The van der Waals surface area contributed by atoms with Crippen molar-refractivity contribution in [2.24, 2.45) is 0 Å². The van der Waals surface area contributed by atoms with E-state index >= 15 is 0 Å². The lowest BCUT2D eigenvalue weighted by Gasteiger charge is -2.07. The highest BCUT2D eigenvalue weighted by Gasteiger charge is 2.26. The summed E-state index contributed by atoms with van der Waals surface area (Å²) < 4.78 is 10.3. The van der Waals surface area contributed by atoms with Crippen LogP contribution in [0.4, 0.5) is 5.00 Å². The molecule has 0 saturated heterocycles. The van der Waals surface area contributed by atoms with Gasteiger partial charge in [0.25, 0.3) is 0 Å². The zero-order valence-corrected chi connectivity index (χ0v) is 16.3. The molecular weight excluding hydrogens is 370 g/mol. The van der Waals surface area contributed by atoms with Crippen LogP contribution < -0.4 is 5.73 Å². The van der Waals surface area contributed by atoms with Gasteiger partial charge in [-0.05, 0) is 33.3 Å².